The van der Waals surface area contributed by atoms with Gasteiger partial charge in [-0.05, 0) is 26.1 Å². The Bertz CT molecular complexity index is 708. The van der Waals surface area contributed by atoms with Crippen LogP contribution in [0.4, 0.5) is 0 Å². The van der Waals surface area contributed by atoms with E-state index in [-0.39, 0.29) is 5.60 Å². The lowest BCUT2D eigenvalue weighted by atomic mass is 9.94. The molecule has 0 spiro atoms. The first-order valence-corrected chi connectivity index (χ1v) is 6.19. The fraction of sp³-hybridized carbons (Fsp3) is 0.455. The molecule has 0 amide bonds. The third-order valence-corrected chi connectivity index (χ3v) is 3.48. The number of fused-ring (bicyclic) bond motifs is 3. The van der Waals surface area contributed by atoms with Crippen LogP contribution >= 0.6 is 24.4 Å². The number of hydrogen-bond donors (Lipinski definition) is 2. The average molecular weight is 268 g/mol. The number of aromatic nitrogens is 2. The van der Waals surface area contributed by atoms with Crippen LogP contribution in [0.3, 0.4) is 0 Å². The molecule has 1 aliphatic rings. The van der Waals surface area contributed by atoms with Crippen molar-refractivity contribution in [2.75, 3.05) is 0 Å². The molecule has 0 aromatic carbocycles. The highest BCUT2D eigenvalue weighted by atomic mass is 32.1. The number of furan rings is 1. The van der Waals surface area contributed by atoms with Crippen LogP contribution in [-0.2, 0) is 17.8 Å². The summed E-state index contributed by atoms with van der Waals surface area (Å²) < 4.78 is 12.5. The molecule has 2 N–H and O–H groups in total. The number of rotatable bonds is 0. The van der Waals surface area contributed by atoms with Crippen LogP contribution < -0.4 is 0 Å². The quantitative estimate of drug-likeness (QED) is 0.719. The van der Waals surface area contributed by atoms with E-state index in [9.17, 15) is 0 Å². The first-order chi connectivity index (χ1) is 7.96. The molecule has 2 aromatic heterocycles. The van der Waals surface area contributed by atoms with E-state index >= 15 is 0 Å². The topological polar surface area (TPSA) is 54.0 Å². The van der Waals surface area contributed by atoms with Gasteiger partial charge in [0.25, 0.3) is 0 Å². The van der Waals surface area contributed by atoms with Gasteiger partial charge in [-0.15, -0.1) is 0 Å². The molecule has 0 fully saturated rings. The van der Waals surface area contributed by atoms with Crippen molar-refractivity contribution >= 4 is 35.5 Å². The number of nitrogens with one attached hydrogen (secondary N) is 2. The minimum atomic E-state index is -0.182. The van der Waals surface area contributed by atoms with Crippen LogP contribution in [0.15, 0.2) is 4.42 Å². The SMILES string of the molecule is CC1(C)Cc2c(oc3[nH]c(=S)[nH]c(=S)c23)CO1. The monoisotopic (exact) mass is 268 g/mol. The zero-order valence-electron chi connectivity index (χ0n) is 9.55. The molecule has 0 saturated carbocycles. The van der Waals surface area contributed by atoms with Crippen LogP contribution in [0.25, 0.3) is 11.1 Å². The Morgan fingerprint density at radius 1 is 1.24 bits per heavy atom. The fourth-order valence-corrected chi connectivity index (χ4v) is 2.76. The fourth-order valence-electron chi connectivity index (χ4n) is 2.18. The van der Waals surface area contributed by atoms with E-state index in [1.54, 1.807) is 0 Å². The smallest absolute Gasteiger partial charge is 0.209 e. The van der Waals surface area contributed by atoms with Crippen molar-refractivity contribution in [1.82, 2.24) is 9.97 Å². The maximum absolute atomic E-state index is 5.71. The first-order valence-electron chi connectivity index (χ1n) is 5.37. The molecular formula is C11H12N2O2S2. The molecule has 17 heavy (non-hydrogen) atoms. The molecule has 2 aromatic rings. The van der Waals surface area contributed by atoms with Crippen LogP contribution in [0.2, 0.25) is 0 Å². The third kappa shape index (κ3) is 1.76. The Morgan fingerprint density at radius 3 is 2.76 bits per heavy atom. The lowest BCUT2D eigenvalue weighted by molar-refractivity contribution is -0.0476. The Labute approximate surface area is 108 Å². The van der Waals surface area contributed by atoms with E-state index in [2.05, 4.69) is 23.8 Å². The highest BCUT2D eigenvalue weighted by Gasteiger charge is 2.30. The Balaban J connectivity index is 2.36. The Kier molecular flexibility index (Phi) is 2.30. The summed E-state index contributed by atoms with van der Waals surface area (Å²) in [5.74, 6) is 0.843. The molecule has 1 aliphatic heterocycles. The zero-order valence-corrected chi connectivity index (χ0v) is 11.2. The predicted octanol–water partition coefficient (Wildman–Crippen LogP) is 3.40. The highest BCUT2D eigenvalue weighted by Crippen LogP contribution is 2.34. The molecule has 6 heteroatoms. The minimum Gasteiger partial charge on any atom is -0.442 e. The number of hydrogen-bond acceptors (Lipinski definition) is 4. The number of H-pyrrole nitrogens is 2. The standard InChI is InChI=1S/C11H12N2O2S2/c1-11(2)3-5-6(4-14-11)15-8-7(5)9(16)13-10(17)12-8/h3-4H2,1-2H3,(H2,12,13,16,17). The van der Waals surface area contributed by atoms with Crippen LogP contribution in [0.1, 0.15) is 25.2 Å². The molecule has 3 rings (SSSR count). The second-order valence-corrected chi connectivity index (χ2v) is 5.66. The van der Waals surface area contributed by atoms with Crippen LogP contribution in [0, 0.1) is 9.41 Å². The Morgan fingerprint density at radius 2 is 2.00 bits per heavy atom. The molecule has 3 heterocycles. The van der Waals surface area contributed by atoms with Gasteiger partial charge in [-0.2, -0.15) is 0 Å². The summed E-state index contributed by atoms with van der Waals surface area (Å²) in [5.41, 5.74) is 1.59. The van der Waals surface area contributed by atoms with Crippen molar-refractivity contribution in [3.8, 4) is 0 Å². The van der Waals surface area contributed by atoms with Gasteiger partial charge in [-0.3, -0.25) is 0 Å². The predicted molar refractivity (Wildman–Crippen MR) is 69.2 cm³/mol. The van der Waals surface area contributed by atoms with Crippen molar-refractivity contribution in [1.29, 1.82) is 0 Å². The summed E-state index contributed by atoms with van der Waals surface area (Å²) in [6, 6.07) is 0. The molecular weight excluding hydrogens is 256 g/mol. The summed E-state index contributed by atoms with van der Waals surface area (Å²) >= 11 is 10.4. The lowest BCUT2D eigenvalue weighted by Crippen LogP contribution is -2.31. The highest BCUT2D eigenvalue weighted by molar-refractivity contribution is 7.72. The molecule has 0 radical (unpaired) electrons. The van der Waals surface area contributed by atoms with E-state index in [1.165, 1.54) is 0 Å². The van der Waals surface area contributed by atoms with Gasteiger partial charge in [0.05, 0.1) is 11.0 Å². The van der Waals surface area contributed by atoms with Gasteiger partial charge >= 0.3 is 0 Å². The van der Waals surface area contributed by atoms with Crippen molar-refractivity contribution < 1.29 is 9.15 Å². The molecule has 0 bridgehead atoms. The maximum atomic E-state index is 5.71. The van der Waals surface area contributed by atoms with E-state index in [0.29, 0.717) is 21.7 Å². The van der Waals surface area contributed by atoms with E-state index in [4.69, 9.17) is 33.6 Å². The summed E-state index contributed by atoms with van der Waals surface area (Å²) in [5, 5.41) is 0.931. The second-order valence-electron chi connectivity index (χ2n) is 4.84. The van der Waals surface area contributed by atoms with Gasteiger partial charge in [0.2, 0.25) is 5.71 Å². The zero-order chi connectivity index (χ0) is 12.2. The van der Waals surface area contributed by atoms with Gasteiger partial charge < -0.3 is 19.1 Å². The van der Waals surface area contributed by atoms with E-state index in [1.807, 2.05) is 0 Å². The molecule has 0 unspecified atom stereocenters. The second kappa shape index (κ2) is 3.51. The van der Waals surface area contributed by atoms with Gasteiger partial charge in [-0.1, -0.05) is 12.2 Å². The van der Waals surface area contributed by atoms with Crippen LogP contribution in [0.5, 0.6) is 0 Å². The van der Waals surface area contributed by atoms with Crippen molar-refractivity contribution in [2.45, 2.75) is 32.5 Å². The molecule has 4 nitrogen and oxygen atoms in total. The number of ether oxygens (including phenoxy) is 1. The van der Waals surface area contributed by atoms with Gasteiger partial charge in [0.15, 0.2) is 4.77 Å². The van der Waals surface area contributed by atoms with Crippen molar-refractivity contribution in [3.05, 3.63) is 20.7 Å². The van der Waals surface area contributed by atoms with Crippen molar-refractivity contribution in [3.63, 3.8) is 0 Å². The van der Waals surface area contributed by atoms with Gasteiger partial charge in [0, 0.05) is 12.0 Å². The van der Waals surface area contributed by atoms with Crippen molar-refractivity contribution in [2.24, 2.45) is 0 Å². The van der Waals surface area contributed by atoms with Crippen LogP contribution in [-0.4, -0.2) is 15.6 Å². The summed E-state index contributed by atoms with van der Waals surface area (Å²) in [4.78, 5) is 5.94. The largest absolute Gasteiger partial charge is 0.442 e. The summed E-state index contributed by atoms with van der Waals surface area (Å²) in [6.07, 6.45) is 0.789. The normalized spacial score (nSPS) is 18.2. The summed E-state index contributed by atoms with van der Waals surface area (Å²) in [6.45, 7) is 4.60. The van der Waals surface area contributed by atoms with Gasteiger partial charge in [0.1, 0.15) is 17.0 Å². The molecule has 0 aliphatic carbocycles. The average Bonchev–Trinajstić information content (AvgIpc) is 2.53. The van der Waals surface area contributed by atoms with E-state index in [0.717, 1.165) is 23.1 Å². The lowest BCUT2D eigenvalue weighted by Gasteiger charge is -2.29. The third-order valence-electron chi connectivity index (χ3n) is 2.97. The summed E-state index contributed by atoms with van der Waals surface area (Å²) in [7, 11) is 0. The molecule has 0 saturated heterocycles. The molecule has 0 atom stereocenters. The molecule has 90 valence electrons. The minimum absolute atomic E-state index is 0.182. The van der Waals surface area contributed by atoms with E-state index < -0.39 is 0 Å². The van der Waals surface area contributed by atoms with Gasteiger partial charge in [-0.25, -0.2) is 0 Å². The number of aromatic amines is 2. The maximum Gasteiger partial charge on any atom is 0.209 e. The Hall–Kier alpha value is -0.980. The first kappa shape index (κ1) is 11.1.